The Morgan fingerprint density at radius 2 is 1.61 bits per heavy atom. The van der Waals surface area contributed by atoms with Crippen LogP contribution in [-0.2, 0) is 9.59 Å². The lowest BCUT2D eigenvalue weighted by molar-refractivity contribution is -0.125. The maximum atomic E-state index is 13.3. The van der Waals surface area contributed by atoms with Gasteiger partial charge in [-0.2, -0.15) is 0 Å². The first kappa shape index (κ1) is 24.8. The van der Waals surface area contributed by atoms with Crippen LogP contribution in [0.25, 0.3) is 0 Å². The molecule has 0 spiro atoms. The largest absolute Gasteiger partial charge is 0.348 e. The van der Waals surface area contributed by atoms with E-state index in [1.54, 1.807) is 24.3 Å². The summed E-state index contributed by atoms with van der Waals surface area (Å²) in [5.41, 5.74) is 1.31. The third-order valence-corrected chi connectivity index (χ3v) is 6.01. The van der Waals surface area contributed by atoms with Gasteiger partial charge in [0.25, 0.3) is 0 Å². The second kappa shape index (κ2) is 11.3. The second-order valence-electron chi connectivity index (χ2n) is 8.83. The summed E-state index contributed by atoms with van der Waals surface area (Å²) in [4.78, 5) is 29.3. The maximum Gasteiger partial charge on any atom is 0.241 e. The predicted molar refractivity (Wildman–Crippen MR) is 125 cm³/mol. The highest BCUT2D eigenvalue weighted by atomic mass is 19.1. The number of nitrogens with zero attached hydrogens (tertiary/aromatic N) is 2. The Balaban J connectivity index is 1.47. The lowest BCUT2D eigenvalue weighted by atomic mass is 9.96. The summed E-state index contributed by atoms with van der Waals surface area (Å²) in [6, 6.07) is 11.5. The molecule has 2 unspecified atom stereocenters. The van der Waals surface area contributed by atoms with E-state index in [0.29, 0.717) is 31.9 Å². The van der Waals surface area contributed by atoms with Crippen molar-refractivity contribution in [1.29, 1.82) is 0 Å². The fourth-order valence-electron chi connectivity index (χ4n) is 4.01. The fraction of sp³-hybridized carbons (Fsp3) is 0.440. The van der Waals surface area contributed by atoms with E-state index in [1.807, 2.05) is 20.8 Å². The number of halogens is 2. The standard InChI is InChI=1S/C25H32F2N4O2/c1-17(2)24(19-7-9-20(26)10-8-19)29-23(32)16-30-11-13-31(14-12-30)18(3)25(33)28-22-6-4-5-21(27)15-22/h4-10,15,17-18,24H,11-14,16H2,1-3H3,(H,28,33)(H,29,32). The Morgan fingerprint density at radius 1 is 0.939 bits per heavy atom. The molecule has 1 saturated heterocycles. The molecule has 6 nitrogen and oxygen atoms in total. The van der Waals surface area contributed by atoms with Crippen molar-refractivity contribution >= 4 is 17.5 Å². The van der Waals surface area contributed by atoms with Gasteiger partial charge < -0.3 is 10.6 Å². The van der Waals surface area contributed by atoms with Crippen LogP contribution in [0.1, 0.15) is 32.4 Å². The maximum absolute atomic E-state index is 13.3. The molecule has 0 bridgehead atoms. The number of hydrogen-bond acceptors (Lipinski definition) is 4. The molecule has 33 heavy (non-hydrogen) atoms. The van der Waals surface area contributed by atoms with Crippen molar-refractivity contribution in [2.45, 2.75) is 32.9 Å². The number of hydrogen-bond donors (Lipinski definition) is 2. The fourth-order valence-corrected chi connectivity index (χ4v) is 4.01. The first-order valence-corrected chi connectivity index (χ1v) is 11.3. The van der Waals surface area contributed by atoms with E-state index in [2.05, 4.69) is 20.4 Å². The van der Waals surface area contributed by atoms with Crippen molar-refractivity contribution in [2.24, 2.45) is 5.92 Å². The molecule has 2 atom stereocenters. The van der Waals surface area contributed by atoms with E-state index in [-0.39, 0.29) is 42.2 Å². The smallest absolute Gasteiger partial charge is 0.241 e. The molecule has 0 aliphatic carbocycles. The van der Waals surface area contributed by atoms with Gasteiger partial charge in [0.1, 0.15) is 11.6 Å². The highest BCUT2D eigenvalue weighted by Crippen LogP contribution is 2.22. The van der Waals surface area contributed by atoms with Gasteiger partial charge in [0.2, 0.25) is 11.8 Å². The molecule has 0 saturated carbocycles. The van der Waals surface area contributed by atoms with Gasteiger partial charge in [-0.25, -0.2) is 8.78 Å². The normalized spacial score (nSPS) is 16.9. The van der Waals surface area contributed by atoms with Crippen molar-refractivity contribution in [1.82, 2.24) is 15.1 Å². The molecule has 1 heterocycles. The van der Waals surface area contributed by atoms with Gasteiger partial charge in [-0.3, -0.25) is 19.4 Å². The summed E-state index contributed by atoms with van der Waals surface area (Å²) in [7, 11) is 0. The van der Waals surface area contributed by atoms with Gasteiger partial charge in [0.05, 0.1) is 18.6 Å². The van der Waals surface area contributed by atoms with E-state index in [0.717, 1.165) is 5.56 Å². The molecule has 1 aliphatic heterocycles. The lowest BCUT2D eigenvalue weighted by Gasteiger charge is -2.37. The molecule has 0 aromatic heterocycles. The molecule has 1 fully saturated rings. The number of amides is 2. The van der Waals surface area contributed by atoms with Gasteiger partial charge in [-0.1, -0.05) is 32.0 Å². The average Bonchev–Trinajstić information content (AvgIpc) is 2.78. The zero-order valence-corrected chi connectivity index (χ0v) is 19.4. The Bertz CT molecular complexity index is 944. The Morgan fingerprint density at radius 3 is 2.21 bits per heavy atom. The molecule has 2 amide bonds. The number of carbonyl (C=O) groups excluding carboxylic acids is 2. The first-order chi connectivity index (χ1) is 15.7. The summed E-state index contributed by atoms with van der Waals surface area (Å²) < 4.78 is 26.6. The summed E-state index contributed by atoms with van der Waals surface area (Å²) in [5.74, 6) is -0.807. The predicted octanol–water partition coefficient (Wildman–Crippen LogP) is 3.42. The summed E-state index contributed by atoms with van der Waals surface area (Å²) in [6.45, 7) is 8.75. The molecular weight excluding hydrogens is 426 g/mol. The third kappa shape index (κ3) is 7.07. The van der Waals surface area contributed by atoms with Crippen molar-refractivity contribution in [3.05, 3.63) is 65.7 Å². The number of benzene rings is 2. The quantitative estimate of drug-likeness (QED) is 0.636. The minimum Gasteiger partial charge on any atom is -0.348 e. The van der Waals surface area contributed by atoms with Gasteiger partial charge in [-0.15, -0.1) is 0 Å². The zero-order valence-electron chi connectivity index (χ0n) is 19.4. The number of piperazine rings is 1. The van der Waals surface area contributed by atoms with Gasteiger partial charge >= 0.3 is 0 Å². The summed E-state index contributed by atoms with van der Waals surface area (Å²) >= 11 is 0. The molecule has 1 aliphatic rings. The van der Waals surface area contributed by atoms with Crippen molar-refractivity contribution < 1.29 is 18.4 Å². The van der Waals surface area contributed by atoms with E-state index in [9.17, 15) is 18.4 Å². The number of carbonyl (C=O) groups is 2. The van der Waals surface area contributed by atoms with E-state index < -0.39 is 5.82 Å². The molecule has 0 radical (unpaired) electrons. The van der Waals surface area contributed by atoms with Crippen LogP contribution in [0.3, 0.4) is 0 Å². The van der Waals surface area contributed by atoms with Gasteiger partial charge in [0, 0.05) is 31.9 Å². The van der Waals surface area contributed by atoms with Gasteiger partial charge in [-0.05, 0) is 48.7 Å². The Hall–Kier alpha value is -2.84. The Kier molecular flexibility index (Phi) is 8.52. The number of rotatable bonds is 8. The van der Waals surface area contributed by atoms with Crippen molar-refractivity contribution in [2.75, 3.05) is 38.0 Å². The molecule has 3 rings (SSSR count). The first-order valence-electron chi connectivity index (χ1n) is 11.3. The van der Waals surface area contributed by atoms with Crippen LogP contribution in [-0.4, -0.2) is 60.4 Å². The molecule has 2 aromatic carbocycles. The zero-order chi connectivity index (χ0) is 24.0. The minimum absolute atomic E-state index is 0.0802. The monoisotopic (exact) mass is 458 g/mol. The summed E-state index contributed by atoms with van der Waals surface area (Å²) in [5, 5.41) is 5.82. The second-order valence-corrected chi connectivity index (χ2v) is 8.83. The van der Waals surface area contributed by atoms with Gasteiger partial charge in [0.15, 0.2) is 0 Å². The van der Waals surface area contributed by atoms with Crippen LogP contribution in [0, 0.1) is 17.6 Å². The number of anilines is 1. The highest BCUT2D eigenvalue weighted by molar-refractivity contribution is 5.94. The van der Waals surface area contributed by atoms with Crippen LogP contribution >= 0.6 is 0 Å². The molecule has 178 valence electrons. The average molecular weight is 459 g/mol. The van der Waals surface area contributed by atoms with Crippen LogP contribution in [0.15, 0.2) is 48.5 Å². The Labute approximate surface area is 194 Å². The molecule has 8 heteroatoms. The number of nitrogens with one attached hydrogen (secondary N) is 2. The van der Waals surface area contributed by atoms with Crippen LogP contribution in [0.4, 0.5) is 14.5 Å². The van der Waals surface area contributed by atoms with Crippen molar-refractivity contribution in [3.8, 4) is 0 Å². The molecule has 2 N–H and O–H groups in total. The SMILES string of the molecule is CC(C)C(NC(=O)CN1CCN(C(C)C(=O)Nc2cccc(F)c2)CC1)c1ccc(F)cc1. The van der Waals surface area contributed by atoms with Crippen LogP contribution < -0.4 is 10.6 Å². The minimum atomic E-state index is -0.397. The molecular formula is C25H32F2N4O2. The van der Waals surface area contributed by atoms with Crippen molar-refractivity contribution in [3.63, 3.8) is 0 Å². The molecule has 2 aromatic rings. The highest BCUT2D eigenvalue weighted by Gasteiger charge is 2.27. The van der Waals surface area contributed by atoms with E-state index >= 15 is 0 Å². The van der Waals surface area contributed by atoms with Crippen LogP contribution in [0.5, 0.6) is 0 Å². The van der Waals surface area contributed by atoms with E-state index in [4.69, 9.17) is 0 Å². The van der Waals surface area contributed by atoms with Crippen LogP contribution in [0.2, 0.25) is 0 Å². The third-order valence-electron chi connectivity index (χ3n) is 6.01. The lowest BCUT2D eigenvalue weighted by Crippen LogP contribution is -2.54. The topological polar surface area (TPSA) is 64.7 Å². The van der Waals surface area contributed by atoms with E-state index in [1.165, 1.54) is 24.3 Å². The summed E-state index contributed by atoms with van der Waals surface area (Å²) in [6.07, 6.45) is 0.